The Kier molecular flexibility index (Phi) is 3.80. The molecule has 0 heterocycles. The molecule has 4 nitrogen and oxygen atoms in total. The van der Waals surface area contributed by atoms with Gasteiger partial charge in [0.25, 0.3) is 5.91 Å². The molecule has 1 amide bonds. The number of carbonyl (C=O) groups excluding carboxylic acids is 1. The molecule has 0 atom stereocenters. The van der Waals surface area contributed by atoms with Gasteiger partial charge in [0.2, 0.25) is 0 Å². The summed E-state index contributed by atoms with van der Waals surface area (Å²) in [6, 6.07) is 6.55. The van der Waals surface area contributed by atoms with E-state index in [2.05, 4.69) is 5.32 Å². The van der Waals surface area contributed by atoms with Crippen LogP contribution in [0, 0.1) is 28.8 Å². The highest BCUT2D eigenvalue weighted by atomic mass is 19.2. The van der Waals surface area contributed by atoms with E-state index in [0.29, 0.717) is 12.1 Å². The standard InChI is InChI=1S/C14H8F3N3O/c15-9-2-1-3-13(8(9)6-18)20-14(21)7-4-10(16)11(17)5-12(7)19/h1-5H,19H2,(H,20,21). The number of carbonyl (C=O) groups is 1. The molecule has 106 valence electrons. The van der Waals surface area contributed by atoms with Gasteiger partial charge in [0, 0.05) is 11.8 Å². The summed E-state index contributed by atoms with van der Waals surface area (Å²) >= 11 is 0. The van der Waals surface area contributed by atoms with E-state index >= 15 is 0 Å². The maximum Gasteiger partial charge on any atom is 0.257 e. The summed E-state index contributed by atoms with van der Waals surface area (Å²) in [4.78, 5) is 12.0. The minimum atomic E-state index is -1.24. The molecule has 0 fully saturated rings. The van der Waals surface area contributed by atoms with Gasteiger partial charge in [-0.1, -0.05) is 6.07 Å². The number of halogens is 3. The highest BCUT2D eigenvalue weighted by Gasteiger charge is 2.16. The summed E-state index contributed by atoms with van der Waals surface area (Å²) in [5, 5.41) is 11.1. The molecule has 0 saturated carbocycles. The lowest BCUT2D eigenvalue weighted by Crippen LogP contribution is -2.16. The van der Waals surface area contributed by atoms with Crippen molar-refractivity contribution in [1.29, 1.82) is 5.26 Å². The first-order valence-electron chi connectivity index (χ1n) is 5.68. The first kappa shape index (κ1) is 14.4. The summed E-state index contributed by atoms with van der Waals surface area (Å²) < 4.78 is 39.5. The molecule has 0 aliphatic heterocycles. The van der Waals surface area contributed by atoms with Gasteiger partial charge < -0.3 is 11.1 Å². The lowest BCUT2D eigenvalue weighted by molar-refractivity contribution is 0.102. The van der Waals surface area contributed by atoms with Crippen LogP contribution in [0.3, 0.4) is 0 Å². The van der Waals surface area contributed by atoms with Gasteiger partial charge in [-0.15, -0.1) is 0 Å². The SMILES string of the molecule is N#Cc1c(F)cccc1NC(=O)c1cc(F)c(F)cc1N. The second-order valence-corrected chi connectivity index (χ2v) is 4.08. The van der Waals surface area contributed by atoms with E-state index in [1.807, 2.05) is 0 Å². The Morgan fingerprint density at radius 1 is 1.14 bits per heavy atom. The number of nitrogens with one attached hydrogen (secondary N) is 1. The number of rotatable bonds is 2. The maximum atomic E-state index is 13.4. The molecule has 0 aromatic heterocycles. The zero-order chi connectivity index (χ0) is 15.6. The van der Waals surface area contributed by atoms with Crippen LogP contribution in [-0.2, 0) is 0 Å². The van der Waals surface area contributed by atoms with Crippen LogP contribution >= 0.6 is 0 Å². The molecule has 0 aliphatic carbocycles. The molecule has 0 unspecified atom stereocenters. The lowest BCUT2D eigenvalue weighted by Gasteiger charge is -2.09. The summed E-state index contributed by atoms with van der Waals surface area (Å²) in [6.07, 6.45) is 0. The Morgan fingerprint density at radius 2 is 1.81 bits per heavy atom. The second-order valence-electron chi connectivity index (χ2n) is 4.08. The number of nitrogens with zero attached hydrogens (tertiary/aromatic N) is 1. The molecular weight excluding hydrogens is 283 g/mol. The van der Waals surface area contributed by atoms with Crippen LogP contribution in [0.5, 0.6) is 0 Å². The smallest absolute Gasteiger partial charge is 0.257 e. The van der Waals surface area contributed by atoms with Crippen molar-refractivity contribution >= 4 is 17.3 Å². The van der Waals surface area contributed by atoms with Crippen molar-refractivity contribution in [3.63, 3.8) is 0 Å². The topological polar surface area (TPSA) is 78.9 Å². The normalized spacial score (nSPS) is 10.0. The molecule has 3 N–H and O–H groups in total. The predicted molar refractivity (Wildman–Crippen MR) is 69.8 cm³/mol. The van der Waals surface area contributed by atoms with E-state index in [4.69, 9.17) is 11.0 Å². The Labute approximate surface area is 117 Å². The number of nitrogens with two attached hydrogens (primary N) is 1. The summed E-state index contributed by atoms with van der Waals surface area (Å²) in [5.41, 5.74) is 4.39. The quantitative estimate of drug-likeness (QED) is 0.835. The first-order chi connectivity index (χ1) is 9.93. The van der Waals surface area contributed by atoms with E-state index in [0.717, 1.165) is 6.07 Å². The first-order valence-corrected chi connectivity index (χ1v) is 5.68. The van der Waals surface area contributed by atoms with Crippen molar-refractivity contribution in [2.75, 3.05) is 11.1 Å². The van der Waals surface area contributed by atoms with E-state index in [1.54, 1.807) is 6.07 Å². The van der Waals surface area contributed by atoms with Gasteiger partial charge >= 0.3 is 0 Å². The van der Waals surface area contributed by atoms with Crippen LogP contribution in [0.4, 0.5) is 24.5 Å². The van der Waals surface area contributed by atoms with Crippen LogP contribution in [-0.4, -0.2) is 5.91 Å². The molecule has 0 spiro atoms. The molecular formula is C14H8F3N3O. The van der Waals surface area contributed by atoms with Crippen LogP contribution in [0.15, 0.2) is 30.3 Å². The third-order valence-corrected chi connectivity index (χ3v) is 2.71. The van der Waals surface area contributed by atoms with E-state index < -0.39 is 23.4 Å². The van der Waals surface area contributed by atoms with Crippen molar-refractivity contribution in [3.05, 3.63) is 58.9 Å². The molecule has 0 saturated heterocycles. The van der Waals surface area contributed by atoms with Crippen molar-refractivity contribution in [1.82, 2.24) is 0 Å². The molecule has 2 rings (SSSR count). The summed E-state index contributed by atoms with van der Waals surface area (Å²) in [5.74, 6) is -4.12. The average molecular weight is 291 g/mol. The van der Waals surface area contributed by atoms with Gasteiger partial charge in [0.05, 0.1) is 11.3 Å². The summed E-state index contributed by atoms with van der Waals surface area (Å²) in [7, 11) is 0. The fourth-order valence-electron chi connectivity index (χ4n) is 1.69. The zero-order valence-electron chi connectivity index (χ0n) is 10.5. The molecule has 21 heavy (non-hydrogen) atoms. The van der Waals surface area contributed by atoms with Crippen LogP contribution in [0.1, 0.15) is 15.9 Å². The van der Waals surface area contributed by atoms with Crippen molar-refractivity contribution in [3.8, 4) is 6.07 Å². The van der Waals surface area contributed by atoms with Crippen LogP contribution < -0.4 is 11.1 Å². The monoisotopic (exact) mass is 291 g/mol. The van der Waals surface area contributed by atoms with Crippen molar-refractivity contribution in [2.45, 2.75) is 0 Å². The lowest BCUT2D eigenvalue weighted by atomic mass is 10.1. The summed E-state index contributed by atoms with van der Waals surface area (Å²) in [6.45, 7) is 0. The Bertz CT molecular complexity index is 769. The zero-order valence-corrected chi connectivity index (χ0v) is 10.5. The Balaban J connectivity index is 2.38. The molecule has 0 aliphatic rings. The van der Waals surface area contributed by atoms with Gasteiger partial charge in [-0.05, 0) is 18.2 Å². The van der Waals surface area contributed by atoms with Gasteiger partial charge in [-0.25, -0.2) is 13.2 Å². The Hall–Kier alpha value is -3.01. The predicted octanol–water partition coefficient (Wildman–Crippen LogP) is 2.81. The molecule has 2 aromatic rings. The van der Waals surface area contributed by atoms with E-state index in [1.165, 1.54) is 12.1 Å². The number of anilines is 2. The van der Waals surface area contributed by atoms with Crippen molar-refractivity contribution in [2.24, 2.45) is 0 Å². The van der Waals surface area contributed by atoms with Gasteiger partial charge in [0.1, 0.15) is 17.4 Å². The Morgan fingerprint density at radius 3 is 2.48 bits per heavy atom. The van der Waals surface area contributed by atoms with Gasteiger partial charge in [-0.2, -0.15) is 5.26 Å². The van der Waals surface area contributed by atoms with Crippen LogP contribution in [0.25, 0.3) is 0 Å². The number of nitriles is 1. The number of amides is 1. The number of hydrogen-bond acceptors (Lipinski definition) is 3. The minimum absolute atomic E-state index is 0.0911. The number of hydrogen-bond donors (Lipinski definition) is 2. The molecule has 2 aromatic carbocycles. The fourth-order valence-corrected chi connectivity index (χ4v) is 1.69. The van der Waals surface area contributed by atoms with E-state index in [9.17, 15) is 18.0 Å². The maximum absolute atomic E-state index is 13.4. The average Bonchev–Trinajstić information content (AvgIpc) is 2.43. The van der Waals surface area contributed by atoms with Gasteiger partial charge in [0.15, 0.2) is 11.6 Å². The second kappa shape index (κ2) is 5.54. The third-order valence-electron chi connectivity index (χ3n) is 2.71. The highest BCUT2D eigenvalue weighted by molar-refractivity contribution is 6.08. The number of nitrogen functional groups attached to an aromatic ring is 1. The number of benzene rings is 2. The van der Waals surface area contributed by atoms with Gasteiger partial charge in [-0.3, -0.25) is 4.79 Å². The molecule has 7 heteroatoms. The van der Waals surface area contributed by atoms with Crippen molar-refractivity contribution < 1.29 is 18.0 Å². The van der Waals surface area contributed by atoms with E-state index in [-0.39, 0.29) is 22.5 Å². The minimum Gasteiger partial charge on any atom is -0.398 e. The third kappa shape index (κ3) is 2.79. The molecule has 0 bridgehead atoms. The largest absolute Gasteiger partial charge is 0.398 e. The van der Waals surface area contributed by atoms with Crippen LogP contribution in [0.2, 0.25) is 0 Å². The molecule has 0 radical (unpaired) electrons. The highest BCUT2D eigenvalue weighted by Crippen LogP contribution is 2.21. The fraction of sp³-hybridized carbons (Fsp3) is 0.